The fraction of sp³-hybridized carbons (Fsp3) is 0.857. The summed E-state index contributed by atoms with van der Waals surface area (Å²) in [6.45, 7) is 14.6. The zero-order valence-corrected chi connectivity index (χ0v) is 18.3. The second-order valence-corrected chi connectivity index (χ2v) is 8.86. The van der Waals surface area contributed by atoms with E-state index in [1.807, 2.05) is 6.92 Å². The van der Waals surface area contributed by atoms with Crippen LogP contribution in [0, 0.1) is 17.3 Å². The van der Waals surface area contributed by atoms with Gasteiger partial charge < -0.3 is 14.6 Å². The van der Waals surface area contributed by atoms with Crippen molar-refractivity contribution in [3.05, 3.63) is 0 Å². The van der Waals surface area contributed by atoms with Crippen LogP contribution in [0.3, 0.4) is 0 Å². The van der Waals surface area contributed by atoms with Gasteiger partial charge in [0.1, 0.15) is 12.0 Å². The molecule has 158 valence electrons. The molecular formula is C21H38O6. The van der Waals surface area contributed by atoms with Gasteiger partial charge in [0.2, 0.25) is 0 Å². The Bertz CT molecular complexity index is 503. The zero-order valence-electron chi connectivity index (χ0n) is 18.3. The molecular weight excluding hydrogens is 348 g/mol. The van der Waals surface area contributed by atoms with Crippen LogP contribution in [-0.2, 0) is 23.9 Å². The summed E-state index contributed by atoms with van der Waals surface area (Å²) in [5.41, 5.74) is -2.07. The zero-order chi connectivity index (χ0) is 21.4. The van der Waals surface area contributed by atoms with Gasteiger partial charge in [0.25, 0.3) is 0 Å². The molecule has 0 saturated heterocycles. The number of ketones is 2. The monoisotopic (exact) mass is 386 g/mol. The molecule has 1 N–H and O–H groups in total. The molecule has 27 heavy (non-hydrogen) atoms. The Balaban J connectivity index is 4.85. The van der Waals surface area contributed by atoms with Crippen LogP contribution in [0.5, 0.6) is 0 Å². The van der Waals surface area contributed by atoms with E-state index in [4.69, 9.17) is 9.47 Å². The topological polar surface area (TPSA) is 89.9 Å². The quantitative estimate of drug-likeness (QED) is 0.314. The van der Waals surface area contributed by atoms with Crippen LogP contribution in [0.15, 0.2) is 0 Å². The number of ether oxygens (including phenoxy) is 2. The predicted octanol–water partition coefficient (Wildman–Crippen LogP) is 3.33. The summed E-state index contributed by atoms with van der Waals surface area (Å²) < 4.78 is 10.7. The maximum Gasteiger partial charge on any atom is 0.313 e. The van der Waals surface area contributed by atoms with E-state index in [9.17, 15) is 19.5 Å². The third-order valence-electron chi connectivity index (χ3n) is 4.57. The third-order valence-corrected chi connectivity index (χ3v) is 4.57. The minimum atomic E-state index is -1.37. The SMILES string of the molecule is CCCCOC[C@H](C)[C@H](O)[C@@H](C)C(=O)C(C)(C)C(=O)CC(=O)OC(C)(C)C. The first-order valence-electron chi connectivity index (χ1n) is 9.79. The normalized spacial score (nSPS) is 15.7. The number of aliphatic hydroxyl groups is 1. The summed E-state index contributed by atoms with van der Waals surface area (Å²) >= 11 is 0. The highest BCUT2D eigenvalue weighted by molar-refractivity contribution is 6.11. The Morgan fingerprint density at radius 1 is 1.04 bits per heavy atom. The van der Waals surface area contributed by atoms with Crippen LogP contribution in [0.25, 0.3) is 0 Å². The van der Waals surface area contributed by atoms with Crippen molar-refractivity contribution in [1.82, 2.24) is 0 Å². The van der Waals surface area contributed by atoms with Crippen molar-refractivity contribution < 1.29 is 29.0 Å². The molecule has 0 aromatic rings. The van der Waals surface area contributed by atoms with Gasteiger partial charge in [-0.25, -0.2) is 0 Å². The number of Topliss-reactive ketones (excluding diaryl/α,β-unsaturated/α-hetero) is 2. The lowest BCUT2D eigenvalue weighted by Crippen LogP contribution is -2.44. The number of carbonyl (C=O) groups is 3. The van der Waals surface area contributed by atoms with E-state index in [2.05, 4.69) is 6.92 Å². The van der Waals surface area contributed by atoms with Crippen molar-refractivity contribution in [1.29, 1.82) is 0 Å². The van der Waals surface area contributed by atoms with Gasteiger partial charge >= 0.3 is 5.97 Å². The Hall–Kier alpha value is -1.27. The van der Waals surface area contributed by atoms with Gasteiger partial charge in [0.05, 0.1) is 18.1 Å². The maximum atomic E-state index is 12.8. The van der Waals surface area contributed by atoms with Gasteiger partial charge in [-0.05, 0) is 41.0 Å². The van der Waals surface area contributed by atoms with Crippen LogP contribution in [0.2, 0.25) is 0 Å². The molecule has 0 spiro atoms. The van der Waals surface area contributed by atoms with E-state index in [1.165, 1.54) is 13.8 Å². The van der Waals surface area contributed by atoms with Crippen LogP contribution < -0.4 is 0 Å². The first-order chi connectivity index (χ1) is 12.2. The van der Waals surface area contributed by atoms with Crippen LogP contribution in [-0.4, -0.2) is 47.6 Å². The van der Waals surface area contributed by atoms with Gasteiger partial charge in [-0.3, -0.25) is 14.4 Å². The summed E-state index contributed by atoms with van der Waals surface area (Å²) in [6, 6.07) is 0. The molecule has 0 heterocycles. The first-order valence-corrected chi connectivity index (χ1v) is 9.79. The molecule has 0 aromatic carbocycles. The molecule has 0 aliphatic rings. The molecule has 0 rings (SSSR count). The second kappa shape index (κ2) is 10.9. The lowest BCUT2D eigenvalue weighted by atomic mass is 9.74. The highest BCUT2D eigenvalue weighted by atomic mass is 16.6. The molecule has 0 unspecified atom stereocenters. The molecule has 0 amide bonds. The van der Waals surface area contributed by atoms with Crippen LogP contribution in [0.1, 0.15) is 74.7 Å². The molecule has 0 aliphatic heterocycles. The van der Waals surface area contributed by atoms with Gasteiger partial charge in [0.15, 0.2) is 11.6 Å². The molecule has 0 bridgehead atoms. The smallest absolute Gasteiger partial charge is 0.313 e. The number of unbranched alkanes of at least 4 members (excludes halogenated alkanes) is 1. The minimum Gasteiger partial charge on any atom is -0.460 e. The number of esters is 1. The van der Waals surface area contributed by atoms with Gasteiger partial charge in [-0.15, -0.1) is 0 Å². The lowest BCUT2D eigenvalue weighted by Gasteiger charge is -2.30. The van der Waals surface area contributed by atoms with E-state index in [0.717, 1.165) is 12.8 Å². The van der Waals surface area contributed by atoms with E-state index in [0.29, 0.717) is 13.2 Å². The standard InChI is InChI=1S/C21H38O6/c1-9-10-11-26-13-14(2)18(24)15(3)19(25)21(7,8)16(22)12-17(23)27-20(4,5)6/h14-15,18,24H,9-13H2,1-8H3/t14-,15+,18-/m0/s1. The number of carbonyl (C=O) groups excluding carboxylic acids is 3. The molecule has 0 aliphatic carbocycles. The number of hydrogen-bond acceptors (Lipinski definition) is 6. The Labute approximate surface area is 164 Å². The van der Waals surface area contributed by atoms with Gasteiger partial charge in [0, 0.05) is 18.4 Å². The molecule has 6 heteroatoms. The fourth-order valence-electron chi connectivity index (χ4n) is 2.70. The van der Waals surface area contributed by atoms with Gasteiger partial charge in [-0.2, -0.15) is 0 Å². The van der Waals surface area contributed by atoms with Crippen molar-refractivity contribution >= 4 is 17.5 Å². The number of aliphatic hydroxyl groups excluding tert-OH is 1. The first kappa shape index (κ1) is 25.7. The molecule has 0 saturated carbocycles. The average Bonchev–Trinajstić information content (AvgIpc) is 2.54. The van der Waals surface area contributed by atoms with E-state index >= 15 is 0 Å². The molecule has 3 atom stereocenters. The second-order valence-electron chi connectivity index (χ2n) is 8.86. The lowest BCUT2D eigenvalue weighted by molar-refractivity contribution is -0.158. The Morgan fingerprint density at radius 3 is 2.07 bits per heavy atom. The summed E-state index contributed by atoms with van der Waals surface area (Å²) in [7, 11) is 0. The van der Waals surface area contributed by atoms with E-state index in [1.54, 1.807) is 27.7 Å². The highest BCUT2D eigenvalue weighted by Crippen LogP contribution is 2.28. The molecule has 0 fully saturated rings. The summed E-state index contributed by atoms with van der Waals surface area (Å²) in [6.07, 6.45) is 0.588. The van der Waals surface area contributed by atoms with E-state index in [-0.39, 0.29) is 11.7 Å². The van der Waals surface area contributed by atoms with Crippen LogP contribution >= 0.6 is 0 Å². The average molecular weight is 387 g/mol. The number of rotatable bonds is 12. The summed E-state index contributed by atoms with van der Waals surface area (Å²) in [5.74, 6) is -2.53. The Kier molecular flexibility index (Phi) is 10.4. The molecule has 0 aromatic heterocycles. The van der Waals surface area contributed by atoms with Crippen molar-refractivity contribution in [3.63, 3.8) is 0 Å². The minimum absolute atomic E-state index is 0.238. The fourth-order valence-corrected chi connectivity index (χ4v) is 2.70. The molecule has 0 radical (unpaired) electrons. The largest absolute Gasteiger partial charge is 0.460 e. The van der Waals surface area contributed by atoms with E-state index < -0.39 is 41.2 Å². The van der Waals surface area contributed by atoms with Gasteiger partial charge in [-0.1, -0.05) is 27.2 Å². The molecule has 6 nitrogen and oxygen atoms in total. The predicted molar refractivity (Wildman–Crippen MR) is 104 cm³/mol. The van der Waals surface area contributed by atoms with Crippen LogP contribution in [0.4, 0.5) is 0 Å². The van der Waals surface area contributed by atoms with Crippen molar-refractivity contribution in [2.45, 2.75) is 86.4 Å². The Morgan fingerprint density at radius 2 is 1.59 bits per heavy atom. The summed E-state index contributed by atoms with van der Waals surface area (Å²) in [4.78, 5) is 37.2. The van der Waals surface area contributed by atoms with Crippen molar-refractivity contribution in [2.24, 2.45) is 17.3 Å². The van der Waals surface area contributed by atoms with Crippen molar-refractivity contribution in [2.75, 3.05) is 13.2 Å². The van der Waals surface area contributed by atoms with Crippen molar-refractivity contribution in [3.8, 4) is 0 Å². The number of hydrogen-bond donors (Lipinski definition) is 1. The summed E-state index contributed by atoms with van der Waals surface area (Å²) in [5, 5.41) is 10.5. The highest BCUT2D eigenvalue weighted by Gasteiger charge is 2.42. The third kappa shape index (κ3) is 8.98. The maximum absolute atomic E-state index is 12.8.